The third kappa shape index (κ3) is 3.34. The van der Waals surface area contributed by atoms with Crippen LogP contribution in [0.2, 0.25) is 15.1 Å². The third-order valence-electron chi connectivity index (χ3n) is 2.69. The summed E-state index contributed by atoms with van der Waals surface area (Å²) in [6, 6.07) is 10.0. The minimum Gasteiger partial charge on any atom is -0.495 e. The Labute approximate surface area is 126 Å². The number of aliphatic hydroxyl groups excluding tert-OH is 1. The molecule has 0 amide bonds. The molecule has 1 unspecified atom stereocenters. The van der Waals surface area contributed by atoms with E-state index in [2.05, 4.69) is 0 Å². The molecule has 0 aliphatic rings. The van der Waals surface area contributed by atoms with Crippen LogP contribution in [0.15, 0.2) is 36.4 Å². The highest BCUT2D eigenvalue weighted by atomic mass is 35.5. The van der Waals surface area contributed by atoms with E-state index in [0.29, 0.717) is 31.9 Å². The maximum absolute atomic E-state index is 10.3. The molecule has 0 heterocycles. The van der Waals surface area contributed by atoms with Gasteiger partial charge in [0, 0.05) is 10.0 Å². The van der Waals surface area contributed by atoms with Gasteiger partial charge in [0.2, 0.25) is 0 Å². The van der Waals surface area contributed by atoms with E-state index >= 15 is 0 Å². The lowest BCUT2D eigenvalue weighted by atomic mass is 10.0. The molecule has 2 nitrogen and oxygen atoms in total. The van der Waals surface area contributed by atoms with Crippen molar-refractivity contribution >= 4 is 34.8 Å². The van der Waals surface area contributed by atoms with Crippen molar-refractivity contribution in [2.75, 3.05) is 7.11 Å². The van der Waals surface area contributed by atoms with E-state index in [0.717, 1.165) is 0 Å². The zero-order valence-corrected chi connectivity index (χ0v) is 12.3. The average molecular weight is 318 g/mol. The van der Waals surface area contributed by atoms with E-state index in [-0.39, 0.29) is 0 Å². The Morgan fingerprint density at radius 2 is 1.58 bits per heavy atom. The number of aliphatic hydroxyl groups is 1. The van der Waals surface area contributed by atoms with Crippen LogP contribution >= 0.6 is 34.8 Å². The molecule has 0 radical (unpaired) electrons. The van der Waals surface area contributed by atoms with Crippen LogP contribution in [0.25, 0.3) is 0 Å². The summed E-state index contributed by atoms with van der Waals surface area (Å²) in [6.45, 7) is 0. The van der Waals surface area contributed by atoms with Crippen LogP contribution in [0.4, 0.5) is 0 Å². The van der Waals surface area contributed by atoms with Gasteiger partial charge in [0.15, 0.2) is 0 Å². The first kappa shape index (κ1) is 14.5. The summed E-state index contributed by atoms with van der Waals surface area (Å²) in [5.41, 5.74) is 1.25. The third-order valence-corrected chi connectivity index (χ3v) is 3.42. The molecule has 2 aromatic carbocycles. The molecule has 0 fully saturated rings. The summed E-state index contributed by atoms with van der Waals surface area (Å²) < 4.78 is 5.07. The molecule has 5 heteroatoms. The number of benzene rings is 2. The predicted molar refractivity (Wildman–Crippen MR) is 78.5 cm³/mol. The normalized spacial score (nSPS) is 12.3. The van der Waals surface area contributed by atoms with Gasteiger partial charge in [-0.25, -0.2) is 0 Å². The fourth-order valence-corrected chi connectivity index (χ4v) is 2.59. The molecular formula is C14H11Cl3O2. The average Bonchev–Trinajstić information content (AvgIpc) is 2.36. The number of hydrogen-bond donors (Lipinski definition) is 1. The molecule has 19 heavy (non-hydrogen) atoms. The summed E-state index contributed by atoms with van der Waals surface area (Å²) in [7, 11) is 1.54. The molecule has 0 saturated carbocycles. The minimum absolute atomic E-state index is 0.437. The monoisotopic (exact) mass is 316 g/mol. The number of rotatable bonds is 3. The van der Waals surface area contributed by atoms with Crippen molar-refractivity contribution in [2.45, 2.75) is 6.10 Å². The van der Waals surface area contributed by atoms with Crippen molar-refractivity contribution in [2.24, 2.45) is 0 Å². The molecule has 0 saturated heterocycles. The molecule has 0 aromatic heterocycles. The van der Waals surface area contributed by atoms with Crippen LogP contribution in [0, 0.1) is 0 Å². The molecule has 0 aliphatic carbocycles. The van der Waals surface area contributed by atoms with Crippen molar-refractivity contribution in [3.8, 4) is 5.75 Å². The second kappa shape index (κ2) is 6.02. The van der Waals surface area contributed by atoms with Gasteiger partial charge in [-0.15, -0.1) is 0 Å². The Bertz CT molecular complexity index is 579. The van der Waals surface area contributed by atoms with Gasteiger partial charge in [-0.1, -0.05) is 40.9 Å². The number of ether oxygens (including phenoxy) is 1. The first-order chi connectivity index (χ1) is 9.01. The Balaban J connectivity index is 2.38. The van der Waals surface area contributed by atoms with Crippen LogP contribution in [-0.2, 0) is 0 Å². The summed E-state index contributed by atoms with van der Waals surface area (Å²) in [5, 5.41) is 11.7. The molecule has 1 N–H and O–H groups in total. The quantitative estimate of drug-likeness (QED) is 0.886. The van der Waals surface area contributed by atoms with E-state index in [1.54, 1.807) is 36.4 Å². The van der Waals surface area contributed by atoms with Gasteiger partial charge in [0.05, 0.1) is 12.1 Å². The lowest BCUT2D eigenvalue weighted by Crippen LogP contribution is -2.00. The zero-order chi connectivity index (χ0) is 14.0. The van der Waals surface area contributed by atoms with E-state index in [4.69, 9.17) is 39.5 Å². The highest BCUT2D eigenvalue weighted by molar-refractivity contribution is 6.34. The van der Waals surface area contributed by atoms with Crippen molar-refractivity contribution in [1.82, 2.24) is 0 Å². The molecule has 0 bridgehead atoms. The Hall–Kier alpha value is -0.930. The van der Waals surface area contributed by atoms with Gasteiger partial charge in [0.25, 0.3) is 0 Å². The molecule has 2 rings (SSSR count). The van der Waals surface area contributed by atoms with Gasteiger partial charge < -0.3 is 9.84 Å². The molecule has 0 aliphatic heterocycles. The Morgan fingerprint density at radius 3 is 2.11 bits per heavy atom. The maximum Gasteiger partial charge on any atom is 0.137 e. The first-order valence-electron chi connectivity index (χ1n) is 5.48. The summed E-state index contributed by atoms with van der Waals surface area (Å²) in [4.78, 5) is 0. The van der Waals surface area contributed by atoms with Crippen molar-refractivity contribution in [3.63, 3.8) is 0 Å². The van der Waals surface area contributed by atoms with Crippen LogP contribution in [0.5, 0.6) is 5.75 Å². The van der Waals surface area contributed by atoms with E-state index < -0.39 is 6.10 Å². The van der Waals surface area contributed by atoms with Crippen molar-refractivity contribution < 1.29 is 9.84 Å². The zero-order valence-electron chi connectivity index (χ0n) is 10.0. The fraction of sp³-hybridized carbons (Fsp3) is 0.143. The second-order valence-electron chi connectivity index (χ2n) is 4.00. The maximum atomic E-state index is 10.3. The summed E-state index contributed by atoms with van der Waals surface area (Å²) in [6.07, 6.45) is -0.848. The predicted octanol–water partition coefficient (Wildman–Crippen LogP) is 4.74. The molecule has 0 spiro atoms. The van der Waals surface area contributed by atoms with Gasteiger partial charge in [0.1, 0.15) is 11.9 Å². The Morgan fingerprint density at radius 1 is 0.947 bits per heavy atom. The highest BCUT2D eigenvalue weighted by Gasteiger charge is 2.14. The van der Waals surface area contributed by atoms with E-state index in [9.17, 15) is 5.11 Å². The largest absolute Gasteiger partial charge is 0.495 e. The number of methoxy groups -OCH3 is 1. The minimum atomic E-state index is -0.848. The fourth-order valence-electron chi connectivity index (χ4n) is 1.78. The van der Waals surface area contributed by atoms with Crippen LogP contribution in [-0.4, -0.2) is 12.2 Å². The van der Waals surface area contributed by atoms with Crippen LogP contribution in [0.3, 0.4) is 0 Å². The van der Waals surface area contributed by atoms with Crippen molar-refractivity contribution in [1.29, 1.82) is 0 Å². The lowest BCUT2D eigenvalue weighted by Gasteiger charge is -2.14. The number of hydrogen-bond acceptors (Lipinski definition) is 2. The van der Waals surface area contributed by atoms with Crippen LogP contribution < -0.4 is 4.74 Å². The number of halogens is 3. The molecule has 100 valence electrons. The summed E-state index contributed by atoms with van der Waals surface area (Å²) >= 11 is 17.9. The van der Waals surface area contributed by atoms with Crippen LogP contribution in [0.1, 0.15) is 17.2 Å². The Kier molecular flexibility index (Phi) is 4.58. The van der Waals surface area contributed by atoms with E-state index in [1.807, 2.05) is 0 Å². The molecule has 2 aromatic rings. The van der Waals surface area contributed by atoms with E-state index in [1.165, 1.54) is 7.11 Å². The summed E-state index contributed by atoms with van der Waals surface area (Å²) in [5.74, 6) is 0.557. The standard InChI is InChI=1S/C14H11Cl3O2/c1-19-13-3-2-8(6-12(13)17)14(18)9-4-10(15)7-11(16)5-9/h2-7,14,18H,1H3. The second-order valence-corrected chi connectivity index (χ2v) is 5.28. The molecule has 1 atom stereocenters. The lowest BCUT2D eigenvalue weighted by molar-refractivity contribution is 0.220. The van der Waals surface area contributed by atoms with Gasteiger partial charge in [-0.2, -0.15) is 0 Å². The first-order valence-corrected chi connectivity index (χ1v) is 6.62. The molecular weight excluding hydrogens is 307 g/mol. The van der Waals surface area contributed by atoms with Crippen molar-refractivity contribution in [3.05, 3.63) is 62.6 Å². The van der Waals surface area contributed by atoms with Gasteiger partial charge in [-0.3, -0.25) is 0 Å². The smallest absolute Gasteiger partial charge is 0.137 e. The highest BCUT2D eigenvalue weighted by Crippen LogP contribution is 2.32. The SMILES string of the molecule is COc1ccc(C(O)c2cc(Cl)cc(Cl)c2)cc1Cl. The van der Waals surface area contributed by atoms with Gasteiger partial charge in [-0.05, 0) is 41.5 Å². The van der Waals surface area contributed by atoms with Gasteiger partial charge >= 0.3 is 0 Å². The topological polar surface area (TPSA) is 29.5 Å².